The average molecular weight is 325 g/mol. The molecule has 2 aromatic rings. The van der Waals surface area contributed by atoms with E-state index in [9.17, 15) is 4.79 Å². The number of methoxy groups -OCH3 is 2. The van der Waals surface area contributed by atoms with Crippen molar-refractivity contribution in [3.8, 4) is 11.5 Å². The van der Waals surface area contributed by atoms with Gasteiger partial charge in [0.1, 0.15) is 11.5 Å². The van der Waals surface area contributed by atoms with Crippen LogP contribution in [0.25, 0.3) is 0 Å². The third-order valence-electron chi connectivity index (χ3n) is 4.62. The third kappa shape index (κ3) is 3.53. The van der Waals surface area contributed by atoms with Crippen molar-refractivity contribution in [2.24, 2.45) is 0 Å². The standard InChI is InChI=1S/C20H23NO3/c1-23-17-10-16(11-18(12-17)24-2)20(22)21-13-15-8-5-7-14-6-3-4-9-19(14)15/h3-4,6,9-12,15H,5,7-8,13H2,1-2H3,(H,21,22). The van der Waals surface area contributed by atoms with E-state index in [1.54, 1.807) is 32.4 Å². The summed E-state index contributed by atoms with van der Waals surface area (Å²) >= 11 is 0. The normalized spacial score (nSPS) is 16.2. The molecule has 2 aromatic carbocycles. The Labute approximate surface area is 142 Å². The maximum Gasteiger partial charge on any atom is 0.251 e. The summed E-state index contributed by atoms with van der Waals surface area (Å²) in [5.74, 6) is 1.51. The van der Waals surface area contributed by atoms with E-state index in [1.807, 2.05) is 0 Å². The zero-order chi connectivity index (χ0) is 16.9. The fourth-order valence-corrected chi connectivity index (χ4v) is 3.32. The summed E-state index contributed by atoms with van der Waals surface area (Å²) in [4.78, 5) is 12.5. The topological polar surface area (TPSA) is 47.6 Å². The van der Waals surface area contributed by atoms with E-state index >= 15 is 0 Å². The Balaban J connectivity index is 1.70. The molecule has 1 aliphatic rings. The lowest BCUT2D eigenvalue weighted by Crippen LogP contribution is -2.30. The van der Waals surface area contributed by atoms with E-state index in [4.69, 9.17) is 9.47 Å². The Bertz CT molecular complexity index is 704. The van der Waals surface area contributed by atoms with Gasteiger partial charge >= 0.3 is 0 Å². The first kappa shape index (κ1) is 16.4. The first-order valence-electron chi connectivity index (χ1n) is 8.30. The number of amides is 1. The number of carbonyl (C=O) groups is 1. The molecule has 0 heterocycles. The molecule has 3 rings (SSSR count). The monoisotopic (exact) mass is 325 g/mol. The summed E-state index contributed by atoms with van der Waals surface area (Å²) in [5, 5.41) is 3.06. The van der Waals surface area contributed by atoms with Gasteiger partial charge in [0.15, 0.2) is 0 Å². The third-order valence-corrected chi connectivity index (χ3v) is 4.62. The number of rotatable bonds is 5. The maximum absolute atomic E-state index is 12.5. The van der Waals surface area contributed by atoms with Crippen LogP contribution < -0.4 is 14.8 Å². The van der Waals surface area contributed by atoms with E-state index in [0.29, 0.717) is 29.5 Å². The van der Waals surface area contributed by atoms with Crippen LogP contribution in [0.5, 0.6) is 11.5 Å². The molecule has 0 aliphatic heterocycles. The quantitative estimate of drug-likeness (QED) is 0.914. The zero-order valence-electron chi connectivity index (χ0n) is 14.2. The first-order valence-corrected chi connectivity index (χ1v) is 8.30. The lowest BCUT2D eigenvalue weighted by atomic mass is 9.83. The van der Waals surface area contributed by atoms with Crippen LogP contribution in [0.1, 0.15) is 40.2 Å². The maximum atomic E-state index is 12.5. The van der Waals surface area contributed by atoms with Crippen LogP contribution in [-0.4, -0.2) is 26.7 Å². The van der Waals surface area contributed by atoms with Gasteiger partial charge < -0.3 is 14.8 Å². The number of benzene rings is 2. The van der Waals surface area contributed by atoms with Gasteiger partial charge in [-0.05, 0) is 42.5 Å². The second kappa shape index (κ2) is 7.39. The van der Waals surface area contributed by atoms with E-state index in [0.717, 1.165) is 12.8 Å². The number of carbonyl (C=O) groups excluding carboxylic acids is 1. The fraction of sp³-hybridized carbons (Fsp3) is 0.350. The van der Waals surface area contributed by atoms with Gasteiger partial charge in [0, 0.05) is 24.1 Å². The Kier molecular flexibility index (Phi) is 5.04. The minimum atomic E-state index is -0.102. The lowest BCUT2D eigenvalue weighted by Gasteiger charge is -2.25. The minimum absolute atomic E-state index is 0.102. The molecule has 1 N–H and O–H groups in total. The van der Waals surface area contributed by atoms with Crippen LogP contribution >= 0.6 is 0 Å². The molecule has 0 spiro atoms. The number of fused-ring (bicyclic) bond motifs is 1. The summed E-state index contributed by atoms with van der Waals surface area (Å²) < 4.78 is 10.5. The van der Waals surface area contributed by atoms with Gasteiger partial charge in [0.2, 0.25) is 0 Å². The zero-order valence-corrected chi connectivity index (χ0v) is 14.2. The number of aryl methyl sites for hydroxylation is 1. The molecule has 1 aliphatic carbocycles. The van der Waals surface area contributed by atoms with Crippen LogP contribution in [0.3, 0.4) is 0 Å². The molecular weight excluding hydrogens is 302 g/mol. The smallest absolute Gasteiger partial charge is 0.251 e. The van der Waals surface area contributed by atoms with Crippen molar-refractivity contribution in [3.05, 3.63) is 59.2 Å². The number of nitrogens with one attached hydrogen (secondary N) is 1. The van der Waals surface area contributed by atoms with Crippen molar-refractivity contribution in [2.75, 3.05) is 20.8 Å². The summed E-state index contributed by atoms with van der Waals surface area (Å²) in [6.45, 7) is 0.648. The van der Waals surface area contributed by atoms with Crippen LogP contribution in [0, 0.1) is 0 Å². The van der Waals surface area contributed by atoms with E-state index in [1.165, 1.54) is 17.5 Å². The molecule has 0 aromatic heterocycles. The van der Waals surface area contributed by atoms with Crippen LogP contribution in [0.15, 0.2) is 42.5 Å². The molecule has 0 saturated carbocycles. The minimum Gasteiger partial charge on any atom is -0.497 e. The van der Waals surface area contributed by atoms with Gasteiger partial charge in [0.05, 0.1) is 14.2 Å². The fourth-order valence-electron chi connectivity index (χ4n) is 3.32. The molecule has 0 saturated heterocycles. The van der Waals surface area contributed by atoms with Crippen molar-refractivity contribution >= 4 is 5.91 Å². The van der Waals surface area contributed by atoms with E-state index < -0.39 is 0 Å². The molecule has 1 unspecified atom stereocenters. The van der Waals surface area contributed by atoms with E-state index in [2.05, 4.69) is 29.6 Å². The van der Waals surface area contributed by atoms with Gasteiger partial charge in [-0.2, -0.15) is 0 Å². The van der Waals surface area contributed by atoms with Crippen LogP contribution in [-0.2, 0) is 6.42 Å². The Morgan fingerprint density at radius 2 is 1.83 bits per heavy atom. The molecule has 126 valence electrons. The molecule has 4 nitrogen and oxygen atoms in total. The van der Waals surface area contributed by atoms with E-state index in [-0.39, 0.29) is 5.91 Å². The van der Waals surface area contributed by atoms with Crippen LogP contribution in [0.2, 0.25) is 0 Å². The summed E-state index contributed by atoms with van der Waals surface area (Å²) in [7, 11) is 3.16. The van der Waals surface area contributed by atoms with Crippen molar-refractivity contribution < 1.29 is 14.3 Å². The van der Waals surface area contributed by atoms with Crippen LogP contribution in [0.4, 0.5) is 0 Å². The number of hydrogen-bond donors (Lipinski definition) is 1. The highest BCUT2D eigenvalue weighted by Gasteiger charge is 2.20. The molecule has 4 heteroatoms. The molecule has 24 heavy (non-hydrogen) atoms. The molecular formula is C20H23NO3. The summed E-state index contributed by atoms with van der Waals surface area (Å²) in [6, 6.07) is 13.7. The highest BCUT2D eigenvalue weighted by atomic mass is 16.5. The van der Waals surface area contributed by atoms with Gasteiger partial charge in [0.25, 0.3) is 5.91 Å². The molecule has 1 amide bonds. The SMILES string of the molecule is COc1cc(OC)cc(C(=O)NCC2CCCc3ccccc32)c1. The first-order chi connectivity index (χ1) is 11.7. The van der Waals surface area contributed by atoms with Gasteiger partial charge in [-0.3, -0.25) is 4.79 Å². The highest BCUT2D eigenvalue weighted by molar-refractivity contribution is 5.95. The molecule has 0 radical (unpaired) electrons. The van der Waals surface area contributed by atoms with Crippen molar-refractivity contribution in [1.82, 2.24) is 5.32 Å². The summed E-state index contributed by atoms with van der Waals surface area (Å²) in [6.07, 6.45) is 3.41. The highest BCUT2D eigenvalue weighted by Crippen LogP contribution is 2.31. The molecule has 1 atom stereocenters. The van der Waals surface area contributed by atoms with Crippen molar-refractivity contribution in [1.29, 1.82) is 0 Å². The predicted molar refractivity (Wildman–Crippen MR) is 94.0 cm³/mol. The largest absolute Gasteiger partial charge is 0.497 e. The summed E-state index contributed by atoms with van der Waals surface area (Å²) in [5.41, 5.74) is 3.33. The Hall–Kier alpha value is -2.49. The second-order valence-electron chi connectivity index (χ2n) is 6.10. The van der Waals surface area contributed by atoms with Crippen molar-refractivity contribution in [2.45, 2.75) is 25.2 Å². The predicted octanol–water partition coefficient (Wildman–Crippen LogP) is 3.55. The average Bonchev–Trinajstić information content (AvgIpc) is 2.65. The molecule has 0 bridgehead atoms. The van der Waals surface area contributed by atoms with Gasteiger partial charge in [-0.25, -0.2) is 0 Å². The number of ether oxygens (including phenoxy) is 2. The lowest BCUT2D eigenvalue weighted by molar-refractivity contribution is 0.0949. The Morgan fingerprint density at radius 1 is 1.12 bits per heavy atom. The second-order valence-corrected chi connectivity index (χ2v) is 6.10. The van der Waals surface area contributed by atoms with Gasteiger partial charge in [-0.15, -0.1) is 0 Å². The van der Waals surface area contributed by atoms with Crippen molar-refractivity contribution in [3.63, 3.8) is 0 Å². The molecule has 0 fully saturated rings. The van der Waals surface area contributed by atoms with Gasteiger partial charge in [-0.1, -0.05) is 24.3 Å². The Morgan fingerprint density at radius 3 is 2.54 bits per heavy atom. The number of hydrogen-bond acceptors (Lipinski definition) is 3.